The van der Waals surface area contributed by atoms with Crippen LogP contribution in [-0.4, -0.2) is 24.5 Å². The molecule has 0 spiro atoms. The Bertz CT molecular complexity index is 1110. The molecule has 4 heteroatoms. The molecule has 32 heavy (non-hydrogen) atoms. The normalized spacial score (nSPS) is 21.2. The molecule has 1 saturated heterocycles. The van der Waals surface area contributed by atoms with Crippen LogP contribution < -0.4 is 4.90 Å². The van der Waals surface area contributed by atoms with E-state index < -0.39 is 0 Å². The molecule has 1 fully saturated rings. The number of rotatable bonds is 4. The van der Waals surface area contributed by atoms with Crippen molar-refractivity contribution in [2.45, 2.75) is 37.5 Å². The lowest BCUT2D eigenvalue weighted by Gasteiger charge is -2.36. The van der Waals surface area contributed by atoms with E-state index >= 15 is 4.39 Å². The number of aldehydes is 1. The summed E-state index contributed by atoms with van der Waals surface area (Å²) in [5, 5.41) is 10.00. The summed E-state index contributed by atoms with van der Waals surface area (Å²) >= 11 is 0. The Labute approximate surface area is 188 Å². The summed E-state index contributed by atoms with van der Waals surface area (Å²) < 4.78 is 15.7. The molecule has 3 nitrogen and oxygen atoms in total. The van der Waals surface area contributed by atoms with Gasteiger partial charge in [-0.15, -0.1) is 0 Å². The maximum atomic E-state index is 15.7. The van der Waals surface area contributed by atoms with Gasteiger partial charge in [0.25, 0.3) is 0 Å². The molecule has 0 unspecified atom stereocenters. The van der Waals surface area contributed by atoms with Crippen molar-refractivity contribution in [1.29, 1.82) is 0 Å². The minimum absolute atomic E-state index is 0.100. The number of hydrogen-bond donors (Lipinski definition) is 1. The number of nitrogens with zero attached hydrogens (tertiary/aromatic N) is 1. The summed E-state index contributed by atoms with van der Waals surface area (Å²) in [7, 11) is 0. The SMILES string of the molecule is O=CC1CCN(c2ccc([C@@H]3c4ccc(O)cc4CC[C@@H]3c3ccccc3)c(F)c2)CC1. The Morgan fingerprint density at radius 2 is 1.66 bits per heavy atom. The highest BCUT2D eigenvalue weighted by Gasteiger charge is 2.34. The maximum Gasteiger partial charge on any atom is 0.129 e. The van der Waals surface area contributed by atoms with Crippen LogP contribution in [0.15, 0.2) is 66.7 Å². The average Bonchev–Trinajstić information content (AvgIpc) is 2.84. The Hall–Kier alpha value is -3.14. The van der Waals surface area contributed by atoms with Crippen LogP contribution in [0.5, 0.6) is 5.75 Å². The first-order valence-electron chi connectivity index (χ1n) is 11.5. The van der Waals surface area contributed by atoms with Crippen molar-refractivity contribution in [3.8, 4) is 5.75 Å². The second kappa shape index (κ2) is 8.78. The van der Waals surface area contributed by atoms with Gasteiger partial charge in [0.15, 0.2) is 0 Å². The first-order chi connectivity index (χ1) is 15.6. The van der Waals surface area contributed by atoms with Gasteiger partial charge in [-0.3, -0.25) is 0 Å². The molecular weight excluding hydrogens is 401 g/mol. The monoisotopic (exact) mass is 429 g/mol. The number of halogens is 1. The van der Waals surface area contributed by atoms with E-state index in [4.69, 9.17) is 0 Å². The van der Waals surface area contributed by atoms with E-state index in [9.17, 15) is 9.90 Å². The van der Waals surface area contributed by atoms with Gasteiger partial charge in [0.05, 0.1) is 0 Å². The first-order valence-corrected chi connectivity index (χ1v) is 11.5. The van der Waals surface area contributed by atoms with Crippen LogP contribution in [0.25, 0.3) is 0 Å². The molecule has 0 radical (unpaired) electrons. The molecule has 1 aliphatic carbocycles. The molecule has 0 aromatic heterocycles. The van der Waals surface area contributed by atoms with Crippen LogP contribution in [0, 0.1) is 11.7 Å². The molecule has 1 aliphatic heterocycles. The summed E-state index contributed by atoms with van der Waals surface area (Å²) in [4.78, 5) is 13.2. The molecule has 0 bridgehead atoms. The molecule has 3 aromatic rings. The summed E-state index contributed by atoms with van der Waals surface area (Å²) in [6.07, 6.45) is 4.46. The van der Waals surface area contributed by atoms with Gasteiger partial charge in [-0.25, -0.2) is 4.39 Å². The maximum absolute atomic E-state index is 15.7. The Morgan fingerprint density at radius 1 is 0.906 bits per heavy atom. The lowest BCUT2D eigenvalue weighted by Crippen LogP contribution is -2.34. The largest absolute Gasteiger partial charge is 0.508 e. The van der Waals surface area contributed by atoms with Gasteiger partial charge in [-0.2, -0.15) is 0 Å². The molecule has 0 amide bonds. The second-order valence-electron chi connectivity index (χ2n) is 9.08. The summed E-state index contributed by atoms with van der Waals surface area (Å²) in [6, 6.07) is 21.5. The number of anilines is 1. The number of aromatic hydroxyl groups is 1. The number of aryl methyl sites for hydroxylation is 1. The first kappa shape index (κ1) is 20.7. The van der Waals surface area contributed by atoms with Gasteiger partial charge in [0.1, 0.15) is 17.9 Å². The van der Waals surface area contributed by atoms with Crippen LogP contribution in [0.2, 0.25) is 0 Å². The third-order valence-corrected chi connectivity index (χ3v) is 7.23. The zero-order chi connectivity index (χ0) is 22.1. The van der Waals surface area contributed by atoms with Crippen LogP contribution in [-0.2, 0) is 11.2 Å². The minimum Gasteiger partial charge on any atom is -0.508 e. The van der Waals surface area contributed by atoms with Crippen LogP contribution >= 0.6 is 0 Å². The third-order valence-electron chi connectivity index (χ3n) is 7.23. The minimum atomic E-state index is -0.188. The van der Waals surface area contributed by atoms with E-state index in [0.29, 0.717) is 5.56 Å². The van der Waals surface area contributed by atoms with Gasteiger partial charge >= 0.3 is 0 Å². The summed E-state index contributed by atoms with van der Waals surface area (Å²) in [5.74, 6) is 0.271. The lowest BCUT2D eigenvalue weighted by molar-refractivity contribution is -0.111. The fourth-order valence-electron chi connectivity index (χ4n) is 5.51. The number of hydrogen-bond acceptors (Lipinski definition) is 3. The Balaban J connectivity index is 1.52. The standard InChI is InChI=1S/C28H28FNO2/c29-27-17-22(30-14-12-19(18-31)13-15-30)7-10-26(27)28-24(20-4-2-1-3-5-20)9-6-21-16-23(32)8-11-25(21)28/h1-5,7-8,10-11,16-19,24,28,32H,6,9,12-15H2/t24-,28+/m1/s1. The van der Waals surface area contributed by atoms with Crippen molar-refractivity contribution in [2.75, 3.05) is 18.0 Å². The van der Waals surface area contributed by atoms with Crippen molar-refractivity contribution in [3.05, 3.63) is 94.8 Å². The van der Waals surface area contributed by atoms with Crippen molar-refractivity contribution in [1.82, 2.24) is 0 Å². The van der Waals surface area contributed by atoms with Crippen molar-refractivity contribution in [3.63, 3.8) is 0 Å². The van der Waals surface area contributed by atoms with Crippen molar-refractivity contribution < 1.29 is 14.3 Å². The smallest absolute Gasteiger partial charge is 0.129 e. The number of carbonyl (C=O) groups is 1. The molecule has 1 N–H and O–H groups in total. The van der Waals surface area contributed by atoms with E-state index in [1.165, 1.54) is 5.56 Å². The fourth-order valence-corrected chi connectivity index (χ4v) is 5.51. The number of piperidine rings is 1. The molecule has 3 aromatic carbocycles. The number of carbonyl (C=O) groups excluding carboxylic acids is 1. The zero-order valence-electron chi connectivity index (χ0n) is 18.1. The fraction of sp³-hybridized carbons (Fsp3) is 0.321. The Morgan fingerprint density at radius 3 is 2.38 bits per heavy atom. The van der Waals surface area contributed by atoms with Gasteiger partial charge in [-0.1, -0.05) is 42.5 Å². The van der Waals surface area contributed by atoms with Gasteiger partial charge in [-0.05, 0) is 78.1 Å². The molecular formula is C28H28FNO2. The molecule has 2 aliphatic rings. The lowest BCUT2D eigenvalue weighted by atomic mass is 9.69. The topological polar surface area (TPSA) is 40.5 Å². The van der Waals surface area contributed by atoms with Gasteiger partial charge in [0, 0.05) is 30.6 Å². The molecule has 5 rings (SSSR count). The van der Waals surface area contributed by atoms with Crippen molar-refractivity contribution >= 4 is 12.0 Å². The van der Waals surface area contributed by atoms with Crippen molar-refractivity contribution in [2.24, 2.45) is 5.92 Å². The number of phenols is 1. The second-order valence-corrected chi connectivity index (χ2v) is 9.08. The van der Waals surface area contributed by atoms with Gasteiger partial charge < -0.3 is 14.8 Å². The number of benzene rings is 3. The van der Waals surface area contributed by atoms with E-state index in [2.05, 4.69) is 17.0 Å². The molecule has 1 heterocycles. The molecule has 2 atom stereocenters. The molecule has 164 valence electrons. The van der Waals surface area contributed by atoms with E-state index in [-0.39, 0.29) is 29.3 Å². The summed E-state index contributed by atoms with van der Waals surface area (Å²) in [5.41, 5.74) is 5.00. The van der Waals surface area contributed by atoms with E-state index in [1.54, 1.807) is 12.1 Å². The van der Waals surface area contributed by atoms with Crippen LogP contribution in [0.3, 0.4) is 0 Å². The van der Waals surface area contributed by atoms with Gasteiger partial charge in [0.2, 0.25) is 0 Å². The van der Waals surface area contributed by atoms with E-state index in [1.807, 2.05) is 42.5 Å². The average molecular weight is 430 g/mol. The van der Waals surface area contributed by atoms with Crippen LogP contribution in [0.1, 0.15) is 53.4 Å². The summed E-state index contributed by atoms with van der Waals surface area (Å²) in [6.45, 7) is 1.56. The number of fused-ring (bicyclic) bond motifs is 1. The predicted molar refractivity (Wildman–Crippen MR) is 125 cm³/mol. The molecule has 0 saturated carbocycles. The predicted octanol–water partition coefficient (Wildman–Crippen LogP) is 5.81. The van der Waals surface area contributed by atoms with E-state index in [0.717, 1.165) is 61.9 Å². The van der Waals surface area contributed by atoms with Crippen LogP contribution in [0.4, 0.5) is 10.1 Å². The highest BCUT2D eigenvalue weighted by molar-refractivity contribution is 5.56. The highest BCUT2D eigenvalue weighted by Crippen LogP contribution is 2.47. The quantitative estimate of drug-likeness (QED) is 0.532. The number of phenolic OH excluding ortho intramolecular Hbond substituents is 1. The third kappa shape index (κ3) is 3.90. The Kier molecular flexibility index (Phi) is 5.69. The highest BCUT2D eigenvalue weighted by atomic mass is 19.1. The zero-order valence-corrected chi connectivity index (χ0v) is 18.1.